The zero-order chi connectivity index (χ0) is 20.5. The van der Waals surface area contributed by atoms with E-state index in [1.54, 1.807) is 12.7 Å². The second kappa shape index (κ2) is 7.84. The van der Waals surface area contributed by atoms with Gasteiger partial charge in [0.25, 0.3) is 0 Å². The van der Waals surface area contributed by atoms with Crippen molar-refractivity contribution in [2.75, 3.05) is 7.11 Å². The molecule has 1 heteroatoms. The van der Waals surface area contributed by atoms with Gasteiger partial charge in [-0.05, 0) is 70.7 Å². The smallest absolute Gasteiger partial charge is 0.122 e. The molecule has 3 aromatic rings. The summed E-state index contributed by atoms with van der Waals surface area (Å²) in [6, 6.07) is 23.8. The summed E-state index contributed by atoms with van der Waals surface area (Å²) >= 11 is 0. The highest BCUT2D eigenvalue weighted by Gasteiger charge is 2.27. The average Bonchev–Trinajstić information content (AvgIpc) is 2.83. The molecule has 0 saturated carbocycles. The predicted molar refractivity (Wildman–Crippen MR) is 127 cm³/mol. The lowest BCUT2D eigenvalue weighted by molar-refractivity contribution is 0.409. The van der Waals surface area contributed by atoms with Crippen LogP contribution in [-0.4, -0.2) is 7.11 Å². The van der Waals surface area contributed by atoms with Gasteiger partial charge in [0.2, 0.25) is 0 Å². The zero-order valence-corrected chi connectivity index (χ0v) is 17.4. The lowest BCUT2D eigenvalue weighted by atomic mass is 9.76. The quantitative estimate of drug-likeness (QED) is 0.445. The Balaban J connectivity index is 1.79. The highest BCUT2D eigenvalue weighted by atomic mass is 16.5. The zero-order valence-electron chi connectivity index (χ0n) is 17.4. The van der Waals surface area contributed by atoms with Crippen LogP contribution in [0.3, 0.4) is 0 Å². The molecule has 0 atom stereocenters. The van der Waals surface area contributed by atoms with Crippen LogP contribution in [-0.2, 0) is 6.42 Å². The molecule has 0 radical (unpaired) electrons. The van der Waals surface area contributed by atoms with E-state index in [2.05, 4.69) is 79.4 Å². The Labute approximate surface area is 179 Å². The molecule has 30 heavy (non-hydrogen) atoms. The van der Waals surface area contributed by atoms with Crippen molar-refractivity contribution in [2.24, 2.45) is 0 Å². The summed E-state index contributed by atoms with van der Waals surface area (Å²) in [5.74, 6) is 0.997. The summed E-state index contributed by atoms with van der Waals surface area (Å²) in [6.07, 6.45) is 8.74. The summed E-state index contributed by atoms with van der Waals surface area (Å²) in [6.45, 7) is 4.03. The third-order valence-electron chi connectivity index (χ3n) is 6.43. The molecule has 148 valence electrons. The van der Waals surface area contributed by atoms with Crippen LogP contribution in [0.2, 0.25) is 0 Å². The Kier molecular flexibility index (Phi) is 4.88. The van der Waals surface area contributed by atoms with Gasteiger partial charge in [-0.1, -0.05) is 85.0 Å². The highest BCUT2D eigenvalue weighted by molar-refractivity contribution is 5.95. The van der Waals surface area contributed by atoms with Gasteiger partial charge < -0.3 is 4.74 Å². The van der Waals surface area contributed by atoms with Crippen LogP contribution < -0.4 is 4.74 Å². The number of benzene rings is 3. The largest absolute Gasteiger partial charge is 0.496 e. The van der Waals surface area contributed by atoms with Crippen molar-refractivity contribution in [1.82, 2.24) is 0 Å². The molecular weight excluding hydrogens is 364 g/mol. The Hall–Kier alpha value is -3.32. The van der Waals surface area contributed by atoms with Gasteiger partial charge in [0.1, 0.15) is 5.75 Å². The first-order chi connectivity index (χ1) is 14.8. The maximum absolute atomic E-state index is 5.79. The number of rotatable bonds is 4. The number of methoxy groups -OCH3 is 1. The van der Waals surface area contributed by atoms with Crippen LogP contribution in [0.15, 0.2) is 96.6 Å². The van der Waals surface area contributed by atoms with Gasteiger partial charge in [0, 0.05) is 5.56 Å². The van der Waals surface area contributed by atoms with Crippen molar-refractivity contribution in [3.05, 3.63) is 108 Å². The standard InChI is InChI=1S/C29H26O/c1-3-20-13-14-22-15-16-26-28(30-2)18-17-25(29(26)27(22)19-20)24-12-8-7-11-23(24)21-9-5-4-6-10-21/h3-12,17-19H,1,13-16H2,2H3. The van der Waals surface area contributed by atoms with E-state index in [4.69, 9.17) is 4.74 Å². The van der Waals surface area contributed by atoms with Gasteiger partial charge >= 0.3 is 0 Å². The second-order valence-corrected chi connectivity index (χ2v) is 8.02. The van der Waals surface area contributed by atoms with Gasteiger partial charge in [-0.2, -0.15) is 0 Å². The molecule has 0 N–H and O–H groups in total. The first kappa shape index (κ1) is 18.7. The monoisotopic (exact) mass is 390 g/mol. The molecule has 3 aromatic carbocycles. The predicted octanol–water partition coefficient (Wildman–Crippen LogP) is 7.64. The maximum atomic E-state index is 5.79. The van der Waals surface area contributed by atoms with Crippen molar-refractivity contribution in [2.45, 2.75) is 25.7 Å². The molecule has 0 aromatic heterocycles. The van der Waals surface area contributed by atoms with Crippen molar-refractivity contribution < 1.29 is 4.74 Å². The van der Waals surface area contributed by atoms with E-state index < -0.39 is 0 Å². The molecule has 0 heterocycles. The first-order valence-corrected chi connectivity index (χ1v) is 10.7. The molecule has 1 nitrogen and oxygen atoms in total. The van der Waals surface area contributed by atoms with Crippen molar-refractivity contribution in [3.8, 4) is 28.0 Å². The fourth-order valence-corrected chi connectivity index (χ4v) is 4.92. The summed E-state index contributed by atoms with van der Waals surface area (Å²) < 4.78 is 5.79. The molecule has 0 fully saturated rings. The van der Waals surface area contributed by atoms with E-state index in [0.717, 1.165) is 31.4 Å². The Morgan fingerprint density at radius 1 is 0.767 bits per heavy atom. The molecule has 2 aliphatic carbocycles. The molecule has 0 spiro atoms. The minimum atomic E-state index is 0.997. The van der Waals surface area contributed by atoms with E-state index in [9.17, 15) is 0 Å². The number of hydrogen-bond acceptors (Lipinski definition) is 1. The van der Waals surface area contributed by atoms with E-state index in [-0.39, 0.29) is 0 Å². The SMILES string of the molecule is C=CC1=CC2=C(CC1)CCc1c(OC)ccc(-c3ccccc3-c3ccccc3)c12. The Bertz CT molecular complexity index is 1180. The number of fused-ring (bicyclic) bond motifs is 2. The summed E-state index contributed by atoms with van der Waals surface area (Å²) in [5.41, 5.74) is 12.0. The molecule has 0 unspecified atom stereocenters. The first-order valence-electron chi connectivity index (χ1n) is 10.7. The third kappa shape index (κ3) is 3.11. The summed E-state index contributed by atoms with van der Waals surface area (Å²) in [4.78, 5) is 0. The van der Waals surface area contributed by atoms with Gasteiger partial charge in [-0.3, -0.25) is 0 Å². The minimum absolute atomic E-state index is 0.997. The molecule has 0 saturated heterocycles. The van der Waals surface area contributed by atoms with Crippen LogP contribution >= 0.6 is 0 Å². The third-order valence-corrected chi connectivity index (χ3v) is 6.43. The Morgan fingerprint density at radius 2 is 1.50 bits per heavy atom. The highest BCUT2D eigenvalue weighted by Crippen LogP contribution is 2.47. The van der Waals surface area contributed by atoms with E-state index in [1.165, 1.54) is 44.5 Å². The fraction of sp³-hybridized carbons (Fsp3) is 0.172. The van der Waals surface area contributed by atoms with Crippen molar-refractivity contribution in [3.63, 3.8) is 0 Å². The van der Waals surface area contributed by atoms with Gasteiger partial charge in [0.05, 0.1) is 7.11 Å². The van der Waals surface area contributed by atoms with Crippen LogP contribution in [0, 0.1) is 0 Å². The number of ether oxygens (including phenoxy) is 1. The van der Waals surface area contributed by atoms with Crippen LogP contribution in [0.1, 0.15) is 30.4 Å². The lowest BCUT2D eigenvalue weighted by Crippen LogP contribution is -2.11. The summed E-state index contributed by atoms with van der Waals surface area (Å²) in [5, 5.41) is 0. The van der Waals surface area contributed by atoms with Gasteiger partial charge in [0.15, 0.2) is 0 Å². The molecule has 0 amide bonds. The normalized spacial score (nSPS) is 15.2. The number of hydrogen-bond donors (Lipinski definition) is 0. The molecule has 5 rings (SSSR count). The average molecular weight is 391 g/mol. The number of allylic oxidation sites excluding steroid dienone is 5. The molecule has 0 aliphatic heterocycles. The lowest BCUT2D eigenvalue weighted by Gasteiger charge is -2.29. The molecule has 0 bridgehead atoms. The second-order valence-electron chi connectivity index (χ2n) is 8.02. The van der Waals surface area contributed by atoms with E-state index in [1.807, 2.05) is 6.08 Å². The Morgan fingerprint density at radius 3 is 2.27 bits per heavy atom. The maximum Gasteiger partial charge on any atom is 0.122 e. The molecular formula is C29H26O. The molecule has 2 aliphatic rings. The van der Waals surface area contributed by atoms with E-state index >= 15 is 0 Å². The van der Waals surface area contributed by atoms with Crippen LogP contribution in [0.4, 0.5) is 0 Å². The van der Waals surface area contributed by atoms with Gasteiger partial charge in [-0.25, -0.2) is 0 Å². The van der Waals surface area contributed by atoms with Crippen molar-refractivity contribution in [1.29, 1.82) is 0 Å². The van der Waals surface area contributed by atoms with E-state index in [0.29, 0.717) is 0 Å². The van der Waals surface area contributed by atoms with Crippen LogP contribution in [0.25, 0.3) is 27.8 Å². The fourth-order valence-electron chi connectivity index (χ4n) is 4.92. The topological polar surface area (TPSA) is 9.23 Å². The van der Waals surface area contributed by atoms with Crippen LogP contribution in [0.5, 0.6) is 5.75 Å². The van der Waals surface area contributed by atoms with Crippen molar-refractivity contribution >= 4 is 5.57 Å². The van der Waals surface area contributed by atoms with Gasteiger partial charge in [-0.15, -0.1) is 0 Å². The minimum Gasteiger partial charge on any atom is -0.496 e. The summed E-state index contributed by atoms with van der Waals surface area (Å²) in [7, 11) is 1.78.